The van der Waals surface area contributed by atoms with Crippen molar-refractivity contribution in [1.29, 1.82) is 0 Å². The zero-order valence-corrected chi connectivity index (χ0v) is 43.6. The average Bonchev–Trinajstić information content (AvgIpc) is 3.34. The second kappa shape index (κ2) is 55.1. The van der Waals surface area contributed by atoms with Crippen molar-refractivity contribution in [2.45, 2.75) is 226 Å². The molecule has 1 unspecified atom stereocenters. The van der Waals surface area contributed by atoms with Crippen molar-refractivity contribution in [2.24, 2.45) is 0 Å². The SMILES string of the molecule is CC/C=C\C/C=C\C/C=C\C/C=C\C/C=C\C/C=C\C/C=C\CCCC(=O)OCC(COC(=O)CC/C=C\C/C=C\C/C=C\C/C=C\CC)OC(=O)CCCCCCCCCCCCCCCC. The Bertz CT molecular complexity index is 1500. The molecule has 0 heterocycles. The van der Waals surface area contributed by atoms with Crippen LogP contribution in [-0.2, 0) is 28.6 Å². The van der Waals surface area contributed by atoms with E-state index < -0.39 is 6.10 Å². The highest BCUT2D eigenvalue weighted by Gasteiger charge is 2.19. The van der Waals surface area contributed by atoms with Crippen molar-refractivity contribution in [3.05, 3.63) is 134 Å². The van der Waals surface area contributed by atoms with E-state index in [-0.39, 0.29) is 44.0 Å². The molecule has 0 aromatic rings. The number of carbonyl (C=O) groups excluding carboxylic acids is 3. The summed E-state index contributed by atoms with van der Waals surface area (Å²) in [6.07, 6.45) is 77.5. The van der Waals surface area contributed by atoms with E-state index >= 15 is 0 Å². The van der Waals surface area contributed by atoms with Crippen LogP contribution in [-0.4, -0.2) is 37.2 Å². The second-order valence-corrected chi connectivity index (χ2v) is 17.4. The highest BCUT2D eigenvalue weighted by atomic mass is 16.6. The maximum Gasteiger partial charge on any atom is 0.306 e. The molecule has 0 aliphatic rings. The summed E-state index contributed by atoms with van der Waals surface area (Å²) >= 11 is 0. The zero-order valence-electron chi connectivity index (χ0n) is 43.6. The fourth-order valence-electron chi connectivity index (χ4n) is 6.91. The van der Waals surface area contributed by atoms with Gasteiger partial charge in [0.1, 0.15) is 13.2 Å². The molecule has 6 nitrogen and oxygen atoms in total. The topological polar surface area (TPSA) is 78.9 Å². The van der Waals surface area contributed by atoms with Crippen LogP contribution in [0.15, 0.2) is 134 Å². The van der Waals surface area contributed by atoms with Crippen LogP contribution < -0.4 is 0 Å². The molecular weight excluding hydrogens is 841 g/mol. The molecule has 1 atom stereocenters. The van der Waals surface area contributed by atoms with E-state index in [9.17, 15) is 14.4 Å². The first kappa shape index (κ1) is 63.5. The van der Waals surface area contributed by atoms with Gasteiger partial charge in [-0.05, 0) is 96.3 Å². The van der Waals surface area contributed by atoms with Crippen LogP contribution in [0.2, 0.25) is 0 Å². The molecule has 0 rings (SSSR count). The lowest BCUT2D eigenvalue weighted by atomic mass is 10.0. The van der Waals surface area contributed by atoms with Gasteiger partial charge in [0.25, 0.3) is 0 Å². The molecule has 0 saturated heterocycles. The monoisotopic (exact) mass is 939 g/mol. The average molecular weight is 939 g/mol. The number of carbonyl (C=O) groups is 3. The maximum atomic E-state index is 12.8. The van der Waals surface area contributed by atoms with Gasteiger partial charge in [-0.15, -0.1) is 0 Å². The Morgan fingerprint density at radius 1 is 0.309 bits per heavy atom. The van der Waals surface area contributed by atoms with Gasteiger partial charge in [0, 0.05) is 19.3 Å². The first-order valence-electron chi connectivity index (χ1n) is 27.2. The molecule has 0 spiro atoms. The predicted octanol–water partition coefficient (Wildman–Crippen LogP) is 18.3. The van der Waals surface area contributed by atoms with E-state index in [0.29, 0.717) is 19.3 Å². The molecule has 0 aliphatic carbocycles. The molecule has 0 radical (unpaired) electrons. The molecule has 0 amide bonds. The van der Waals surface area contributed by atoms with E-state index in [4.69, 9.17) is 14.2 Å². The summed E-state index contributed by atoms with van der Waals surface area (Å²) in [5.41, 5.74) is 0. The normalized spacial score (nSPS) is 13.2. The molecule has 382 valence electrons. The fraction of sp³-hybridized carbons (Fsp3) is 0.597. The molecule has 0 fully saturated rings. The number of rotatable bonds is 47. The van der Waals surface area contributed by atoms with Crippen molar-refractivity contribution in [3.8, 4) is 0 Å². The Balaban J connectivity index is 4.53. The lowest BCUT2D eigenvalue weighted by Crippen LogP contribution is -2.30. The lowest BCUT2D eigenvalue weighted by molar-refractivity contribution is -0.166. The van der Waals surface area contributed by atoms with Crippen molar-refractivity contribution < 1.29 is 28.6 Å². The summed E-state index contributed by atoms with van der Waals surface area (Å²) < 4.78 is 16.7. The van der Waals surface area contributed by atoms with Crippen LogP contribution >= 0.6 is 0 Å². The van der Waals surface area contributed by atoms with E-state index in [1.54, 1.807) is 0 Å². The summed E-state index contributed by atoms with van der Waals surface area (Å²) in [5, 5.41) is 0. The molecule has 0 N–H and O–H groups in total. The zero-order chi connectivity index (χ0) is 49.3. The van der Waals surface area contributed by atoms with Gasteiger partial charge < -0.3 is 14.2 Å². The molecule has 68 heavy (non-hydrogen) atoms. The highest BCUT2D eigenvalue weighted by Crippen LogP contribution is 2.14. The summed E-state index contributed by atoms with van der Waals surface area (Å²) in [5.74, 6) is -1.07. The summed E-state index contributed by atoms with van der Waals surface area (Å²) in [6, 6.07) is 0. The fourth-order valence-corrected chi connectivity index (χ4v) is 6.91. The third-order valence-corrected chi connectivity index (χ3v) is 10.9. The number of ether oxygens (including phenoxy) is 3. The minimum atomic E-state index is -0.833. The van der Waals surface area contributed by atoms with Gasteiger partial charge in [0.05, 0.1) is 0 Å². The van der Waals surface area contributed by atoms with E-state index in [1.165, 1.54) is 70.6 Å². The largest absolute Gasteiger partial charge is 0.462 e. The lowest BCUT2D eigenvalue weighted by Gasteiger charge is -2.18. The molecule has 0 aromatic carbocycles. The molecule has 0 aromatic heterocycles. The minimum Gasteiger partial charge on any atom is -0.462 e. The number of hydrogen-bond acceptors (Lipinski definition) is 6. The summed E-state index contributed by atoms with van der Waals surface area (Å²) in [7, 11) is 0. The van der Waals surface area contributed by atoms with Gasteiger partial charge >= 0.3 is 17.9 Å². The molecule has 0 aliphatic heterocycles. The van der Waals surface area contributed by atoms with E-state index in [2.05, 4.69) is 142 Å². The quantitative estimate of drug-likeness (QED) is 0.0262. The van der Waals surface area contributed by atoms with Gasteiger partial charge in [-0.3, -0.25) is 14.4 Å². The Morgan fingerprint density at radius 2 is 0.603 bits per heavy atom. The smallest absolute Gasteiger partial charge is 0.306 e. The van der Waals surface area contributed by atoms with Gasteiger partial charge in [-0.2, -0.15) is 0 Å². The maximum absolute atomic E-state index is 12.8. The molecular formula is C62H98O6. The number of esters is 3. The standard InChI is InChI=1S/C62H98O6/c1-4-7-10-13-16-19-22-25-27-28-29-30-31-32-33-34-35-38-40-43-46-49-52-55-61(64)67-58-59(57-66-60(63)54-51-48-45-42-39-36-24-21-18-15-12-9-6-3)68-62(65)56-53-50-47-44-41-37-26-23-20-17-14-11-8-5-2/h7,9-10,12,16,18-19,21,25,27,29-30,32-33,35-36,38-39,43,45-46,48,59H,4-6,8,11,13-15,17,20,22-24,26,28,31,34,37,40-42,44,47,49-58H2,1-3H3/b10-7-,12-9-,19-16-,21-18-,27-25-,30-29-,33-32-,38-35-,39-36-,46-43-,48-45-. The number of allylic oxidation sites excluding steroid dienone is 22. The van der Waals surface area contributed by atoms with Gasteiger partial charge in [0.15, 0.2) is 6.10 Å². The second-order valence-electron chi connectivity index (χ2n) is 17.4. The Kier molecular flexibility index (Phi) is 51.5. The van der Waals surface area contributed by atoms with Gasteiger partial charge in [0.2, 0.25) is 0 Å². The Hall–Kier alpha value is -4.45. The van der Waals surface area contributed by atoms with E-state index in [1.807, 2.05) is 12.2 Å². The number of unbranched alkanes of at least 4 members (excludes halogenated alkanes) is 14. The first-order chi connectivity index (χ1) is 33.5. The molecule has 0 bridgehead atoms. The van der Waals surface area contributed by atoms with Crippen molar-refractivity contribution in [2.75, 3.05) is 13.2 Å². The molecule has 6 heteroatoms. The Labute approximate surface area is 417 Å². The van der Waals surface area contributed by atoms with E-state index in [0.717, 1.165) is 96.3 Å². The first-order valence-corrected chi connectivity index (χ1v) is 27.2. The molecule has 0 saturated carbocycles. The third-order valence-electron chi connectivity index (χ3n) is 10.9. The van der Waals surface area contributed by atoms with Gasteiger partial charge in [-0.1, -0.05) is 238 Å². The van der Waals surface area contributed by atoms with Crippen LogP contribution in [0.4, 0.5) is 0 Å². The Morgan fingerprint density at radius 3 is 0.971 bits per heavy atom. The van der Waals surface area contributed by atoms with Gasteiger partial charge in [-0.25, -0.2) is 0 Å². The van der Waals surface area contributed by atoms with Crippen molar-refractivity contribution in [3.63, 3.8) is 0 Å². The van der Waals surface area contributed by atoms with Crippen molar-refractivity contribution >= 4 is 17.9 Å². The summed E-state index contributed by atoms with van der Waals surface area (Å²) in [4.78, 5) is 38.0. The van der Waals surface area contributed by atoms with Crippen LogP contribution in [0.25, 0.3) is 0 Å². The van der Waals surface area contributed by atoms with Crippen LogP contribution in [0.1, 0.15) is 220 Å². The minimum absolute atomic E-state index is 0.133. The highest BCUT2D eigenvalue weighted by molar-refractivity contribution is 5.71. The number of hydrogen-bond donors (Lipinski definition) is 0. The predicted molar refractivity (Wildman–Crippen MR) is 292 cm³/mol. The third kappa shape index (κ3) is 52.5. The van der Waals surface area contributed by atoms with Crippen molar-refractivity contribution in [1.82, 2.24) is 0 Å². The summed E-state index contributed by atoms with van der Waals surface area (Å²) in [6.45, 7) is 6.28. The van der Waals surface area contributed by atoms with Crippen LogP contribution in [0.3, 0.4) is 0 Å². The van der Waals surface area contributed by atoms with Crippen LogP contribution in [0, 0.1) is 0 Å². The van der Waals surface area contributed by atoms with Crippen LogP contribution in [0.5, 0.6) is 0 Å².